The molecule has 0 aliphatic heterocycles. The van der Waals surface area contributed by atoms with Gasteiger partial charge in [0.1, 0.15) is 6.54 Å². The Morgan fingerprint density at radius 1 is 0.846 bits per heavy atom. The van der Waals surface area contributed by atoms with Crippen LogP contribution >= 0.6 is 46.4 Å². The molecular formula is C18H17Cl4N2O2+. The van der Waals surface area contributed by atoms with Gasteiger partial charge >= 0.3 is 0 Å². The number of carbonyl (C=O) groups is 2. The quantitative estimate of drug-likeness (QED) is 0.501. The fraction of sp³-hybridized carbons (Fsp3) is 0.222. The van der Waals surface area contributed by atoms with Crippen LogP contribution in [0.1, 0.15) is 10.4 Å². The summed E-state index contributed by atoms with van der Waals surface area (Å²) in [6.45, 7) is 0.236. The molecule has 1 amide bonds. The van der Waals surface area contributed by atoms with Crippen molar-refractivity contribution in [3.8, 4) is 0 Å². The molecule has 2 rings (SSSR count). The summed E-state index contributed by atoms with van der Waals surface area (Å²) in [4.78, 5) is 24.8. The number of likely N-dealkylation sites (N-methyl/N-ethyl adjacent to an activating group) is 1. The van der Waals surface area contributed by atoms with Gasteiger partial charge in [0.05, 0.1) is 34.2 Å². The Bertz CT molecular complexity index is 853. The molecule has 0 aromatic heterocycles. The van der Waals surface area contributed by atoms with Gasteiger partial charge in [-0.25, -0.2) is 0 Å². The number of Topliss-reactive ketones (excluding diaryl/α,β-unsaturated/α-hetero) is 1. The number of anilines is 1. The number of ketones is 1. The fourth-order valence-corrected chi connectivity index (χ4v) is 2.96. The van der Waals surface area contributed by atoms with Crippen molar-refractivity contribution in [1.29, 1.82) is 0 Å². The number of nitrogens with zero attached hydrogens (tertiary/aromatic N) is 1. The first-order valence-corrected chi connectivity index (χ1v) is 9.14. The molecule has 26 heavy (non-hydrogen) atoms. The maximum atomic E-state index is 12.5. The highest BCUT2D eigenvalue weighted by Crippen LogP contribution is 2.25. The first kappa shape index (κ1) is 21.0. The molecule has 0 atom stereocenters. The molecule has 0 spiro atoms. The number of hydrogen-bond donors (Lipinski definition) is 1. The van der Waals surface area contributed by atoms with Gasteiger partial charge < -0.3 is 9.80 Å². The lowest BCUT2D eigenvalue weighted by Crippen LogP contribution is -2.48. The molecule has 4 nitrogen and oxygen atoms in total. The summed E-state index contributed by atoms with van der Waals surface area (Å²) in [6.07, 6.45) is 0. The molecule has 0 radical (unpaired) electrons. The molecular weight excluding hydrogens is 418 g/mol. The van der Waals surface area contributed by atoms with Crippen LogP contribution in [0.5, 0.6) is 0 Å². The maximum absolute atomic E-state index is 12.5. The van der Waals surface area contributed by atoms with Gasteiger partial charge in [-0.05, 0) is 36.4 Å². The molecule has 138 valence electrons. The van der Waals surface area contributed by atoms with E-state index in [1.807, 2.05) is 0 Å². The van der Waals surface area contributed by atoms with E-state index in [-0.39, 0.29) is 29.3 Å². The fourth-order valence-electron chi connectivity index (χ4n) is 2.37. The molecule has 0 aliphatic rings. The number of benzene rings is 2. The van der Waals surface area contributed by atoms with Gasteiger partial charge in [-0.2, -0.15) is 0 Å². The molecule has 0 saturated heterocycles. The molecule has 2 aromatic carbocycles. The van der Waals surface area contributed by atoms with Crippen molar-refractivity contribution in [3.05, 3.63) is 62.1 Å². The highest BCUT2D eigenvalue weighted by Gasteiger charge is 2.25. The second-order valence-corrected chi connectivity index (χ2v) is 8.11. The lowest BCUT2D eigenvalue weighted by molar-refractivity contribution is -0.873. The maximum Gasteiger partial charge on any atom is 0.279 e. The van der Waals surface area contributed by atoms with Crippen molar-refractivity contribution in [3.63, 3.8) is 0 Å². The molecule has 0 aliphatic carbocycles. The van der Waals surface area contributed by atoms with Crippen molar-refractivity contribution in [2.45, 2.75) is 0 Å². The van der Waals surface area contributed by atoms with Gasteiger partial charge in [0.2, 0.25) is 5.78 Å². The second-order valence-electron chi connectivity index (χ2n) is 6.48. The van der Waals surface area contributed by atoms with Crippen LogP contribution in [0.3, 0.4) is 0 Å². The monoisotopic (exact) mass is 433 g/mol. The van der Waals surface area contributed by atoms with Crippen molar-refractivity contribution >= 4 is 63.8 Å². The third-order valence-corrected chi connectivity index (χ3v) is 5.07. The third-order valence-electron chi connectivity index (χ3n) is 3.59. The Balaban J connectivity index is 2.00. The third kappa shape index (κ3) is 5.86. The van der Waals surface area contributed by atoms with Crippen LogP contribution in [0, 0.1) is 0 Å². The zero-order valence-corrected chi connectivity index (χ0v) is 17.2. The van der Waals surface area contributed by atoms with Gasteiger partial charge in [-0.15, -0.1) is 0 Å². The summed E-state index contributed by atoms with van der Waals surface area (Å²) >= 11 is 23.6. The lowest BCUT2D eigenvalue weighted by Gasteiger charge is -2.28. The topological polar surface area (TPSA) is 46.2 Å². The van der Waals surface area contributed by atoms with E-state index in [2.05, 4.69) is 5.32 Å². The van der Waals surface area contributed by atoms with Crippen LogP contribution < -0.4 is 5.32 Å². The summed E-state index contributed by atoms with van der Waals surface area (Å²) in [6, 6.07) is 9.56. The zero-order chi connectivity index (χ0) is 19.5. The Hall–Kier alpha value is -1.30. The predicted molar refractivity (Wildman–Crippen MR) is 108 cm³/mol. The largest absolute Gasteiger partial charge is 0.321 e. The van der Waals surface area contributed by atoms with Crippen molar-refractivity contribution in [2.75, 3.05) is 32.5 Å². The molecule has 8 heteroatoms. The molecule has 0 bridgehead atoms. The first-order valence-electron chi connectivity index (χ1n) is 7.62. The van der Waals surface area contributed by atoms with E-state index < -0.39 is 0 Å². The van der Waals surface area contributed by atoms with Gasteiger partial charge in [0.15, 0.2) is 6.54 Å². The van der Waals surface area contributed by atoms with Crippen molar-refractivity contribution in [2.24, 2.45) is 0 Å². The van der Waals surface area contributed by atoms with Gasteiger partial charge in [-0.1, -0.05) is 46.4 Å². The SMILES string of the molecule is C[N+](C)(CC(=O)Nc1ccc(Cl)c(Cl)c1)CC(=O)c1ccc(Cl)c(Cl)c1. The van der Waals surface area contributed by atoms with Gasteiger partial charge in [-0.3, -0.25) is 9.59 Å². The Kier molecular flexibility index (Phi) is 6.94. The normalized spacial score (nSPS) is 11.3. The van der Waals surface area contributed by atoms with Crippen LogP contribution in [0.4, 0.5) is 5.69 Å². The lowest BCUT2D eigenvalue weighted by atomic mass is 10.1. The predicted octanol–water partition coefficient (Wildman–Crippen LogP) is 5.20. The van der Waals surface area contributed by atoms with E-state index in [0.717, 1.165) is 0 Å². The number of carbonyl (C=O) groups excluding carboxylic acids is 2. The molecule has 0 saturated carbocycles. The van der Waals surface area contributed by atoms with E-state index in [4.69, 9.17) is 46.4 Å². The molecule has 0 heterocycles. The van der Waals surface area contributed by atoms with E-state index in [9.17, 15) is 9.59 Å². The van der Waals surface area contributed by atoms with Crippen LogP contribution in [0.15, 0.2) is 36.4 Å². The molecule has 0 fully saturated rings. The van der Waals surface area contributed by atoms with E-state index in [1.165, 1.54) is 6.07 Å². The van der Waals surface area contributed by atoms with Gasteiger partial charge in [0, 0.05) is 11.3 Å². The summed E-state index contributed by atoms with van der Waals surface area (Å²) in [5.74, 6) is -0.369. The van der Waals surface area contributed by atoms with Crippen LogP contribution in [-0.2, 0) is 4.79 Å². The summed E-state index contributed by atoms with van der Waals surface area (Å²) < 4.78 is 0.173. The average Bonchev–Trinajstić information content (AvgIpc) is 2.52. The second kappa shape index (κ2) is 8.59. The highest BCUT2D eigenvalue weighted by molar-refractivity contribution is 6.42. The Morgan fingerprint density at radius 2 is 1.42 bits per heavy atom. The Labute approximate surface area is 172 Å². The Morgan fingerprint density at radius 3 is 2.00 bits per heavy atom. The summed E-state index contributed by atoms with van der Waals surface area (Å²) in [5, 5.41) is 4.22. The van der Waals surface area contributed by atoms with Crippen LogP contribution in [0.25, 0.3) is 0 Å². The average molecular weight is 435 g/mol. The number of rotatable bonds is 6. The van der Waals surface area contributed by atoms with E-state index in [1.54, 1.807) is 44.4 Å². The van der Waals surface area contributed by atoms with Crippen LogP contribution in [0.2, 0.25) is 20.1 Å². The minimum atomic E-state index is -0.240. The number of amides is 1. The number of halogens is 4. The smallest absolute Gasteiger partial charge is 0.279 e. The van der Waals surface area contributed by atoms with E-state index >= 15 is 0 Å². The summed E-state index contributed by atoms with van der Waals surface area (Å²) in [5.41, 5.74) is 0.996. The summed E-state index contributed by atoms with van der Waals surface area (Å²) in [7, 11) is 3.59. The molecule has 1 N–H and O–H groups in total. The highest BCUT2D eigenvalue weighted by atomic mass is 35.5. The number of hydrogen-bond acceptors (Lipinski definition) is 2. The number of quaternary nitrogens is 1. The molecule has 2 aromatic rings. The standard InChI is InChI=1S/C18H16Cl4N2O2/c1-24(2,9-17(25)11-3-5-13(19)15(21)7-11)10-18(26)23-12-4-6-14(20)16(22)8-12/h3-8H,9-10H2,1-2H3/p+1. The zero-order valence-electron chi connectivity index (χ0n) is 14.2. The minimum absolute atomic E-state index is 0.104. The van der Waals surface area contributed by atoms with Crippen molar-refractivity contribution in [1.82, 2.24) is 0 Å². The molecule has 0 unspecified atom stereocenters. The first-order chi connectivity index (χ1) is 12.1. The van der Waals surface area contributed by atoms with Gasteiger partial charge in [0.25, 0.3) is 5.91 Å². The van der Waals surface area contributed by atoms with E-state index in [0.29, 0.717) is 31.3 Å². The minimum Gasteiger partial charge on any atom is -0.321 e. The number of nitrogens with one attached hydrogen (secondary N) is 1. The van der Waals surface area contributed by atoms with Crippen molar-refractivity contribution < 1.29 is 14.1 Å². The van der Waals surface area contributed by atoms with Crippen LogP contribution in [-0.4, -0.2) is 43.4 Å².